The minimum atomic E-state index is 0.657. The van der Waals surface area contributed by atoms with Crippen LogP contribution in [0.15, 0.2) is 48.5 Å². The molecule has 7 heteroatoms. The van der Waals surface area contributed by atoms with E-state index in [2.05, 4.69) is 15.1 Å². The maximum absolute atomic E-state index is 6.28. The zero-order valence-corrected chi connectivity index (χ0v) is 18.1. The van der Waals surface area contributed by atoms with Crippen LogP contribution in [0.3, 0.4) is 0 Å². The molecule has 0 aliphatic carbocycles. The number of nitrogens with zero attached hydrogens (tertiary/aromatic N) is 2. The maximum atomic E-state index is 6.28. The highest BCUT2D eigenvalue weighted by Crippen LogP contribution is 2.21. The third-order valence-electron chi connectivity index (χ3n) is 4.70. The molecule has 2 aromatic carbocycles. The lowest BCUT2D eigenvalue weighted by Crippen LogP contribution is -2.40. The number of rotatable bonds is 7. The lowest BCUT2D eigenvalue weighted by Gasteiger charge is -2.30. The summed E-state index contributed by atoms with van der Waals surface area (Å²) in [6.45, 7) is 6.25. The van der Waals surface area contributed by atoms with Gasteiger partial charge < -0.3 is 15.0 Å². The quantitative estimate of drug-likeness (QED) is 0.620. The van der Waals surface area contributed by atoms with Crippen LogP contribution in [-0.2, 0) is 11.3 Å². The zero-order chi connectivity index (χ0) is 19.8. The van der Waals surface area contributed by atoms with Gasteiger partial charge in [0.25, 0.3) is 0 Å². The molecule has 150 valence electrons. The van der Waals surface area contributed by atoms with Gasteiger partial charge in [-0.15, -0.1) is 0 Å². The van der Waals surface area contributed by atoms with Crippen molar-refractivity contribution in [3.63, 3.8) is 0 Å². The topological polar surface area (TPSA) is 27.7 Å². The summed E-state index contributed by atoms with van der Waals surface area (Å²) in [4.78, 5) is 4.62. The number of para-hydroxylation sites is 1. The van der Waals surface area contributed by atoms with E-state index in [1.54, 1.807) is 0 Å². The molecule has 1 heterocycles. The van der Waals surface area contributed by atoms with Crippen molar-refractivity contribution in [2.45, 2.75) is 13.0 Å². The Morgan fingerprint density at radius 1 is 1.07 bits per heavy atom. The van der Waals surface area contributed by atoms with Gasteiger partial charge in [0.1, 0.15) is 0 Å². The second kappa shape index (κ2) is 11.0. The van der Waals surface area contributed by atoms with Gasteiger partial charge in [-0.3, -0.25) is 4.90 Å². The van der Waals surface area contributed by atoms with E-state index in [1.165, 1.54) is 5.56 Å². The molecule has 0 bridgehead atoms. The second-order valence-corrected chi connectivity index (χ2v) is 8.00. The fourth-order valence-corrected chi connectivity index (χ4v) is 3.70. The highest BCUT2D eigenvalue weighted by molar-refractivity contribution is 7.80. The molecule has 4 nitrogen and oxygen atoms in total. The first kappa shape index (κ1) is 21.3. The molecule has 0 atom stereocenters. The van der Waals surface area contributed by atoms with Crippen molar-refractivity contribution >= 4 is 46.2 Å². The van der Waals surface area contributed by atoms with E-state index in [0.29, 0.717) is 10.1 Å². The lowest BCUT2D eigenvalue weighted by molar-refractivity contribution is 0.0368. The van der Waals surface area contributed by atoms with Gasteiger partial charge >= 0.3 is 0 Å². The van der Waals surface area contributed by atoms with Gasteiger partial charge in [-0.25, -0.2) is 0 Å². The molecule has 0 unspecified atom stereocenters. The summed E-state index contributed by atoms with van der Waals surface area (Å²) in [7, 11) is 0. The average molecular weight is 438 g/mol. The van der Waals surface area contributed by atoms with Gasteiger partial charge in [-0.2, -0.15) is 0 Å². The van der Waals surface area contributed by atoms with Crippen molar-refractivity contribution in [2.75, 3.05) is 44.7 Å². The van der Waals surface area contributed by atoms with Gasteiger partial charge in [0, 0.05) is 37.7 Å². The first-order valence-corrected chi connectivity index (χ1v) is 10.6. The number of hydrogen-bond acceptors (Lipinski definition) is 3. The fourth-order valence-electron chi connectivity index (χ4n) is 3.13. The van der Waals surface area contributed by atoms with Gasteiger partial charge in [-0.05, 0) is 48.5 Å². The summed E-state index contributed by atoms with van der Waals surface area (Å²) < 4.78 is 5.43. The minimum Gasteiger partial charge on any atom is -0.379 e. The Balaban J connectivity index is 1.63. The summed E-state index contributed by atoms with van der Waals surface area (Å²) in [5, 5.41) is 5.36. The van der Waals surface area contributed by atoms with Gasteiger partial charge in [0.05, 0.1) is 23.9 Å². The van der Waals surface area contributed by atoms with Crippen molar-refractivity contribution < 1.29 is 4.74 Å². The van der Waals surface area contributed by atoms with E-state index in [-0.39, 0.29) is 0 Å². The molecule has 1 saturated heterocycles. The number of morpholine rings is 1. The van der Waals surface area contributed by atoms with E-state index in [4.69, 9.17) is 40.2 Å². The van der Waals surface area contributed by atoms with E-state index in [9.17, 15) is 0 Å². The molecule has 0 radical (unpaired) electrons. The third kappa shape index (κ3) is 6.61. The smallest absolute Gasteiger partial charge is 0.173 e. The Kier molecular flexibility index (Phi) is 8.37. The molecular weight excluding hydrogens is 413 g/mol. The normalized spacial score (nSPS) is 14.6. The number of nitrogens with one attached hydrogen (secondary N) is 1. The van der Waals surface area contributed by atoms with E-state index in [0.717, 1.165) is 63.1 Å². The highest BCUT2D eigenvalue weighted by Gasteiger charge is 2.14. The molecule has 2 aromatic rings. The van der Waals surface area contributed by atoms with Crippen LogP contribution in [0.1, 0.15) is 12.0 Å². The Morgan fingerprint density at radius 2 is 1.79 bits per heavy atom. The van der Waals surface area contributed by atoms with Crippen LogP contribution in [0.5, 0.6) is 0 Å². The van der Waals surface area contributed by atoms with E-state index >= 15 is 0 Å². The summed E-state index contributed by atoms with van der Waals surface area (Å²) >= 11 is 18.0. The minimum absolute atomic E-state index is 0.657. The summed E-state index contributed by atoms with van der Waals surface area (Å²) in [6.07, 6.45) is 1.03. The number of hydrogen-bond donors (Lipinski definition) is 1. The van der Waals surface area contributed by atoms with Gasteiger partial charge in [0.2, 0.25) is 0 Å². The largest absolute Gasteiger partial charge is 0.379 e. The maximum Gasteiger partial charge on any atom is 0.173 e. The van der Waals surface area contributed by atoms with Crippen molar-refractivity contribution in [3.05, 3.63) is 64.1 Å². The van der Waals surface area contributed by atoms with Crippen LogP contribution in [0.25, 0.3) is 0 Å². The predicted molar refractivity (Wildman–Crippen MR) is 121 cm³/mol. The predicted octanol–water partition coefficient (Wildman–Crippen LogP) is 4.91. The molecule has 0 saturated carbocycles. The van der Waals surface area contributed by atoms with Gasteiger partial charge in [-0.1, -0.05) is 47.5 Å². The number of anilines is 1. The molecule has 28 heavy (non-hydrogen) atoms. The Labute approximate surface area is 182 Å². The molecule has 0 aromatic heterocycles. The highest BCUT2D eigenvalue weighted by atomic mass is 35.5. The average Bonchev–Trinajstić information content (AvgIpc) is 2.71. The van der Waals surface area contributed by atoms with Crippen LogP contribution in [0.4, 0.5) is 5.69 Å². The Morgan fingerprint density at radius 3 is 2.50 bits per heavy atom. The lowest BCUT2D eigenvalue weighted by atomic mass is 10.2. The van der Waals surface area contributed by atoms with Gasteiger partial charge in [0.15, 0.2) is 5.11 Å². The van der Waals surface area contributed by atoms with Crippen LogP contribution in [0, 0.1) is 0 Å². The van der Waals surface area contributed by atoms with E-state index < -0.39 is 0 Å². The van der Waals surface area contributed by atoms with Crippen LogP contribution < -0.4 is 5.32 Å². The Hall–Kier alpha value is -1.37. The molecule has 1 aliphatic heterocycles. The van der Waals surface area contributed by atoms with Crippen molar-refractivity contribution in [1.82, 2.24) is 9.80 Å². The molecular formula is C21H25Cl2N3OS. The van der Waals surface area contributed by atoms with Crippen LogP contribution >= 0.6 is 35.4 Å². The Bertz CT molecular complexity index is 767. The summed E-state index contributed by atoms with van der Waals surface area (Å²) in [5.74, 6) is 0. The van der Waals surface area contributed by atoms with Crippen LogP contribution in [-0.4, -0.2) is 54.3 Å². The standard InChI is InChI=1S/C21H25Cl2N3OS/c22-18-8-6-17(7-9-18)16-26(11-3-10-25-12-14-27-15-13-25)21(28)24-20-5-2-1-4-19(20)23/h1-2,4-9H,3,10-16H2,(H,24,28). The van der Waals surface area contributed by atoms with Crippen LogP contribution in [0.2, 0.25) is 10.0 Å². The van der Waals surface area contributed by atoms with Crippen molar-refractivity contribution in [2.24, 2.45) is 0 Å². The van der Waals surface area contributed by atoms with E-state index in [1.807, 2.05) is 48.5 Å². The van der Waals surface area contributed by atoms with Crippen molar-refractivity contribution in [3.8, 4) is 0 Å². The monoisotopic (exact) mass is 437 g/mol. The number of benzene rings is 2. The fraction of sp³-hybridized carbons (Fsp3) is 0.381. The summed E-state index contributed by atoms with van der Waals surface area (Å²) in [5.41, 5.74) is 1.99. The molecule has 0 amide bonds. The number of ether oxygens (including phenoxy) is 1. The third-order valence-corrected chi connectivity index (χ3v) is 5.64. The number of thiocarbonyl (C=S) groups is 1. The molecule has 3 rings (SSSR count). The first-order valence-electron chi connectivity index (χ1n) is 9.47. The number of halogens is 2. The molecule has 1 aliphatic rings. The first-order chi connectivity index (χ1) is 13.6. The molecule has 0 spiro atoms. The second-order valence-electron chi connectivity index (χ2n) is 6.77. The zero-order valence-electron chi connectivity index (χ0n) is 15.7. The van der Waals surface area contributed by atoms with Crippen molar-refractivity contribution in [1.29, 1.82) is 0 Å². The molecule has 1 fully saturated rings. The molecule has 1 N–H and O–H groups in total. The SMILES string of the molecule is S=C(Nc1ccccc1Cl)N(CCCN1CCOCC1)Cc1ccc(Cl)cc1. The summed E-state index contributed by atoms with van der Waals surface area (Å²) in [6, 6.07) is 15.5.